The number of carboxylic acid groups (broad SMARTS) is 1. The van der Waals surface area contributed by atoms with E-state index >= 15 is 0 Å². The summed E-state index contributed by atoms with van der Waals surface area (Å²) in [5, 5.41) is 9.37. The van der Waals surface area contributed by atoms with Gasteiger partial charge in [-0.1, -0.05) is 25.0 Å². The van der Waals surface area contributed by atoms with Crippen LogP contribution in [0.3, 0.4) is 0 Å². The number of halogens is 1. The highest BCUT2D eigenvalue weighted by Crippen LogP contribution is 2.44. The minimum absolute atomic E-state index is 0.00610. The quantitative estimate of drug-likeness (QED) is 0.932. The zero-order valence-electron chi connectivity index (χ0n) is 13.3. The number of benzene rings is 1. The Bertz CT molecular complexity index is 622. The van der Waals surface area contributed by atoms with Gasteiger partial charge in [-0.15, -0.1) is 0 Å². The Balaban J connectivity index is 1.89. The van der Waals surface area contributed by atoms with E-state index in [0.29, 0.717) is 13.0 Å². The fourth-order valence-electron chi connectivity index (χ4n) is 3.99. The summed E-state index contributed by atoms with van der Waals surface area (Å²) < 4.78 is 13.2. The highest BCUT2D eigenvalue weighted by atomic mass is 19.1. The number of rotatable bonds is 3. The van der Waals surface area contributed by atoms with Crippen LogP contribution in [0.25, 0.3) is 0 Å². The van der Waals surface area contributed by atoms with Gasteiger partial charge in [0, 0.05) is 13.1 Å². The van der Waals surface area contributed by atoms with Crippen molar-refractivity contribution in [1.82, 2.24) is 4.90 Å². The van der Waals surface area contributed by atoms with E-state index in [4.69, 9.17) is 0 Å². The summed E-state index contributed by atoms with van der Waals surface area (Å²) in [5.41, 5.74) is -0.624. The Labute approximate surface area is 135 Å². The molecule has 5 heteroatoms. The first-order valence-corrected chi connectivity index (χ1v) is 8.16. The topological polar surface area (TPSA) is 57.6 Å². The van der Waals surface area contributed by atoms with Crippen LogP contribution in [0.5, 0.6) is 0 Å². The van der Waals surface area contributed by atoms with E-state index in [1.165, 1.54) is 12.1 Å². The molecule has 1 aromatic carbocycles. The van der Waals surface area contributed by atoms with Crippen LogP contribution in [-0.2, 0) is 15.0 Å². The molecule has 1 aromatic rings. The second kappa shape index (κ2) is 5.62. The third kappa shape index (κ3) is 2.62. The SMILES string of the molecule is CC1(C(=O)O)CCN(C(=O)C2(c3ccc(F)cc3)CCCC2)C1. The summed E-state index contributed by atoms with van der Waals surface area (Å²) in [7, 11) is 0. The van der Waals surface area contributed by atoms with Gasteiger partial charge in [-0.3, -0.25) is 9.59 Å². The molecule has 3 rings (SSSR count). The van der Waals surface area contributed by atoms with Crippen molar-refractivity contribution in [2.24, 2.45) is 5.41 Å². The Morgan fingerprint density at radius 3 is 2.26 bits per heavy atom. The molecule has 1 saturated carbocycles. The van der Waals surface area contributed by atoms with Crippen molar-refractivity contribution in [3.8, 4) is 0 Å². The van der Waals surface area contributed by atoms with Crippen LogP contribution in [0.4, 0.5) is 4.39 Å². The number of carbonyl (C=O) groups excluding carboxylic acids is 1. The lowest BCUT2D eigenvalue weighted by atomic mass is 9.77. The van der Waals surface area contributed by atoms with Gasteiger partial charge < -0.3 is 10.0 Å². The zero-order chi connectivity index (χ0) is 16.7. The predicted molar refractivity (Wildman–Crippen MR) is 83.5 cm³/mol. The molecule has 0 spiro atoms. The van der Waals surface area contributed by atoms with Gasteiger partial charge in [-0.25, -0.2) is 4.39 Å². The number of amides is 1. The van der Waals surface area contributed by atoms with Crippen molar-refractivity contribution in [3.63, 3.8) is 0 Å². The number of carbonyl (C=O) groups is 2. The fourth-order valence-corrected chi connectivity index (χ4v) is 3.99. The average Bonchev–Trinajstić information content (AvgIpc) is 3.16. The van der Waals surface area contributed by atoms with Gasteiger partial charge >= 0.3 is 5.97 Å². The molecule has 1 atom stereocenters. The van der Waals surface area contributed by atoms with E-state index < -0.39 is 16.8 Å². The molecule has 1 saturated heterocycles. The summed E-state index contributed by atoms with van der Waals surface area (Å²) in [6.07, 6.45) is 3.91. The maximum Gasteiger partial charge on any atom is 0.311 e. The van der Waals surface area contributed by atoms with E-state index in [1.54, 1.807) is 24.0 Å². The van der Waals surface area contributed by atoms with Crippen molar-refractivity contribution in [2.75, 3.05) is 13.1 Å². The second-order valence-electron chi connectivity index (χ2n) is 7.14. The average molecular weight is 319 g/mol. The van der Waals surface area contributed by atoms with Crippen LogP contribution in [0.2, 0.25) is 0 Å². The van der Waals surface area contributed by atoms with Gasteiger partial charge in [-0.2, -0.15) is 0 Å². The number of hydrogen-bond acceptors (Lipinski definition) is 2. The smallest absolute Gasteiger partial charge is 0.311 e. The van der Waals surface area contributed by atoms with Crippen LogP contribution in [-0.4, -0.2) is 35.0 Å². The van der Waals surface area contributed by atoms with E-state index in [-0.39, 0.29) is 18.3 Å². The number of carboxylic acids is 1. The molecule has 1 amide bonds. The molecule has 1 heterocycles. The van der Waals surface area contributed by atoms with Crippen molar-refractivity contribution in [3.05, 3.63) is 35.6 Å². The first kappa shape index (κ1) is 16.0. The van der Waals surface area contributed by atoms with Crippen molar-refractivity contribution in [2.45, 2.75) is 44.4 Å². The first-order chi connectivity index (χ1) is 10.9. The lowest BCUT2D eigenvalue weighted by Crippen LogP contribution is -2.45. The molecule has 1 aliphatic heterocycles. The molecular weight excluding hydrogens is 297 g/mol. The van der Waals surface area contributed by atoms with Crippen molar-refractivity contribution < 1.29 is 19.1 Å². The van der Waals surface area contributed by atoms with E-state index in [2.05, 4.69) is 0 Å². The maximum atomic E-state index is 13.2. The number of likely N-dealkylation sites (tertiary alicyclic amines) is 1. The lowest BCUT2D eigenvalue weighted by Gasteiger charge is -2.33. The molecule has 0 bridgehead atoms. The van der Waals surface area contributed by atoms with Gasteiger partial charge in [0.25, 0.3) is 0 Å². The summed E-state index contributed by atoms with van der Waals surface area (Å²) in [6, 6.07) is 6.19. The highest BCUT2D eigenvalue weighted by molar-refractivity contribution is 5.90. The molecule has 1 unspecified atom stereocenters. The van der Waals surface area contributed by atoms with Crippen LogP contribution >= 0.6 is 0 Å². The molecule has 1 aliphatic carbocycles. The minimum Gasteiger partial charge on any atom is -0.481 e. The summed E-state index contributed by atoms with van der Waals surface area (Å²) in [6.45, 7) is 2.43. The Morgan fingerprint density at radius 2 is 1.74 bits per heavy atom. The predicted octanol–water partition coefficient (Wildman–Crippen LogP) is 2.96. The molecule has 124 valence electrons. The number of hydrogen-bond donors (Lipinski definition) is 1. The van der Waals surface area contributed by atoms with Gasteiger partial charge in [0.05, 0.1) is 10.8 Å². The third-order valence-corrected chi connectivity index (χ3v) is 5.54. The molecular formula is C18H22FNO3. The van der Waals surface area contributed by atoms with Crippen LogP contribution in [0.1, 0.15) is 44.6 Å². The van der Waals surface area contributed by atoms with Gasteiger partial charge in [-0.05, 0) is 43.9 Å². The molecule has 4 nitrogen and oxygen atoms in total. The number of nitrogens with zero attached hydrogens (tertiary/aromatic N) is 1. The molecule has 2 fully saturated rings. The highest BCUT2D eigenvalue weighted by Gasteiger charge is 2.49. The van der Waals surface area contributed by atoms with Gasteiger partial charge in [0.1, 0.15) is 5.82 Å². The van der Waals surface area contributed by atoms with Crippen LogP contribution in [0, 0.1) is 11.2 Å². The standard InChI is InChI=1S/C18H22FNO3/c1-17(16(22)23)10-11-20(12-17)15(21)18(8-2-3-9-18)13-4-6-14(19)7-5-13/h4-7H,2-3,8-12H2,1H3,(H,22,23). The minimum atomic E-state index is -0.863. The van der Waals surface area contributed by atoms with E-state index in [0.717, 1.165) is 31.2 Å². The lowest BCUT2D eigenvalue weighted by molar-refractivity contribution is -0.147. The normalized spacial score (nSPS) is 26.4. The Morgan fingerprint density at radius 1 is 1.13 bits per heavy atom. The largest absolute Gasteiger partial charge is 0.481 e. The monoisotopic (exact) mass is 319 g/mol. The summed E-state index contributed by atoms with van der Waals surface area (Å²) in [4.78, 5) is 26.3. The summed E-state index contributed by atoms with van der Waals surface area (Å²) in [5.74, 6) is -1.16. The first-order valence-electron chi connectivity index (χ1n) is 8.16. The van der Waals surface area contributed by atoms with Gasteiger partial charge in [0.15, 0.2) is 0 Å². The third-order valence-electron chi connectivity index (χ3n) is 5.54. The fraction of sp³-hybridized carbons (Fsp3) is 0.556. The second-order valence-corrected chi connectivity index (χ2v) is 7.14. The molecule has 0 radical (unpaired) electrons. The number of aliphatic carboxylic acids is 1. The van der Waals surface area contributed by atoms with Crippen LogP contribution < -0.4 is 0 Å². The molecule has 23 heavy (non-hydrogen) atoms. The van der Waals surface area contributed by atoms with Gasteiger partial charge in [0.2, 0.25) is 5.91 Å². The molecule has 2 aliphatic rings. The maximum absolute atomic E-state index is 13.2. The Hall–Kier alpha value is -1.91. The summed E-state index contributed by atoms with van der Waals surface area (Å²) >= 11 is 0. The van der Waals surface area contributed by atoms with E-state index in [1.807, 2.05) is 0 Å². The molecule has 0 aromatic heterocycles. The van der Waals surface area contributed by atoms with E-state index in [9.17, 15) is 19.1 Å². The molecule has 1 N–H and O–H groups in total. The van der Waals surface area contributed by atoms with Crippen molar-refractivity contribution >= 4 is 11.9 Å². The van der Waals surface area contributed by atoms with Crippen molar-refractivity contribution in [1.29, 1.82) is 0 Å². The Kier molecular flexibility index (Phi) is 3.90. The zero-order valence-corrected chi connectivity index (χ0v) is 13.3. The van der Waals surface area contributed by atoms with Crippen LogP contribution in [0.15, 0.2) is 24.3 Å².